The van der Waals surface area contributed by atoms with E-state index in [1.165, 1.54) is 18.3 Å². The van der Waals surface area contributed by atoms with Crippen molar-refractivity contribution in [2.24, 2.45) is 5.10 Å². The van der Waals surface area contributed by atoms with Gasteiger partial charge in [-0.15, -0.1) is 0 Å². The van der Waals surface area contributed by atoms with E-state index in [4.69, 9.17) is 16.3 Å². The molecule has 39 heavy (non-hydrogen) atoms. The van der Waals surface area contributed by atoms with Gasteiger partial charge in [0.1, 0.15) is 6.61 Å². The summed E-state index contributed by atoms with van der Waals surface area (Å²) < 4.78 is 47.6. The zero-order valence-electron chi connectivity index (χ0n) is 20.0. The van der Waals surface area contributed by atoms with Crippen molar-refractivity contribution in [3.05, 3.63) is 128 Å². The standard InChI is InChI=1S/C29H18BrClF3N3O2/c30-23-13-19(14-24(31)26(23)39-17-18-7-2-1-3-8-18)16-35-37-27(20-9-6-10-21(15-20)29(32,33)34)36-25-12-5-4-11-22(25)28(37)38/h1-16H,17H2. The Bertz CT molecular complexity index is 1730. The smallest absolute Gasteiger partial charge is 0.416 e. The van der Waals surface area contributed by atoms with Gasteiger partial charge in [0.15, 0.2) is 11.6 Å². The second-order valence-corrected chi connectivity index (χ2v) is 9.74. The summed E-state index contributed by atoms with van der Waals surface area (Å²) >= 11 is 9.94. The Labute approximate surface area is 234 Å². The maximum Gasteiger partial charge on any atom is 0.416 e. The van der Waals surface area contributed by atoms with Gasteiger partial charge in [-0.3, -0.25) is 4.79 Å². The molecule has 0 radical (unpaired) electrons. The number of ether oxygens (including phenoxy) is 1. The number of fused-ring (bicyclic) bond motifs is 1. The first-order valence-corrected chi connectivity index (χ1v) is 12.8. The van der Waals surface area contributed by atoms with Crippen LogP contribution < -0.4 is 10.3 Å². The number of aromatic nitrogens is 2. The van der Waals surface area contributed by atoms with E-state index in [2.05, 4.69) is 26.0 Å². The molecule has 196 valence electrons. The fraction of sp³-hybridized carbons (Fsp3) is 0.0690. The molecular formula is C29H18BrClF3N3O2. The lowest BCUT2D eigenvalue weighted by Gasteiger charge is -2.12. The van der Waals surface area contributed by atoms with Crippen molar-refractivity contribution in [1.29, 1.82) is 0 Å². The zero-order chi connectivity index (χ0) is 27.6. The molecule has 0 aliphatic rings. The molecule has 0 aliphatic carbocycles. The molecule has 5 aromatic rings. The van der Waals surface area contributed by atoms with Crippen LogP contribution in [0, 0.1) is 0 Å². The van der Waals surface area contributed by atoms with Crippen LogP contribution in [0.3, 0.4) is 0 Å². The van der Waals surface area contributed by atoms with Crippen LogP contribution >= 0.6 is 27.5 Å². The van der Waals surface area contributed by atoms with E-state index in [0.29, 0.717) is 32.9 Å². The Kier molecular flexibility index (Phi) is 7.54. The number of halogens is 5. The second-order valence-electron chi connectivity index (χ2n) is 8.48. The van der Waals surface area contributed by atoms with Crippen LogP contribution in [0.2, 0.25) is 5.02 Å². The first kappa shape index (κ1) is 26.6. The fourth-order valence-corrected chi connectivity index (χ4v) is 4.89. The van der Waals surface area contributed by atoms with Gasteiger partial charge in [0.05, 0.1) is 32.2 Å². The summed E-state index contributed by atoms with van der Waals surface area (Å²) in [7, 11) is 0. The summed E-state index contributed by atoms with van der Waals surface area (Å²) in [6.07, 6.45) is -3.18. The van der Waals surface area contributed by atoms with Crippen LogP contribution in [0.5, 0.6) is 5.75 Å². The third-order valence-electron chi connectivity index (χ3n) is 5.77. The highest BCUT2D eigenvalue weighted by Gasteiger charge is 2.31. The monoisotopic (exact) mass is 611 g/mol. The highest BCUT2D eigenvalue weighted by Crippen LogP contribution is 2.35. The third-order valence-corrected chi connectivity index (χ3v) is 6.64. The molecule has 5 rings (SSSR count). The van der Waals surface area contributed by atoms with Gasteiger partial charge in [-0.05, 0) is 63.5 Å². The van der Waals surface area contributed by atoms with Gasteiger partial charge in [-0.2, -0.15) is 22.9 Å². The molecule has 5 nitrogen and oxygen atoms in total. The maximum absolute atomic E-state index is 13.4. The summed E-state index contributed by atoms with van der Waals surface area (Å²) in [6, 6.07) is 24.1. The normalized spacial score (nSPS) is 11.8. The molecule has 0 bridgehead atoms. The van der Waals surface area contributed by atoms with Crippen LogP contribution in [0.1, 0.15) is 16.7 Å². The van der Waals surface area contributed by atoms with Crippen molar-refractivity contribution in [2.75, 3.05) is 0 Å². The number of rotatable bonds is 6. The maximum atomic E-state index is 13.4. The van der Waals surface area contributed by atoms with Crippen LogP contribution in [0.25, 0.3) is 22.3 Å². The molecular weight excluding hydrogens is 595 g/mol. The number of hydrogen-bond acceptors (Lipinski definition) is 4. The van der Waals surface area contributed by atoms with Crippen molar-refractivity contribution in [3.8, 4) is 17.1 Å². The molecule has 0 spiro atoms. The number of nitrogens with zero attached hydrogens (tertiary/aromatic N) is 3. The minimum Gasteiger partial charge on any atom is -0.486 e. The number of hydrogen-bond donors (Lipinski definition) is 0. The largest absolute Gasteiger partial charge is 0.486 e. The zero-order valence-corrected chi connectivity index (χ0v) is 22.3. The quantitative estimate of drug-likeness (QED) is 0.183. The van der Waals surface area contributed by atoms with Gasteiger partial charge in [-0.1, -0.05) is 66.2 Å². The molecule has 1 aromatic heterocycles. The van der Waals surface area contributed by atoms with Gasteiger partial charge < -0.3 is 4.74 Å². The summed E-state index contributed by atoms with van der Waals surface area (Å²) in [5.74, 6) is 0.404. The van der Waals surface area contributed by atoms with Crippen molar-refractivity contribution >= 4 is 44.6 Å². The highest BCUT2D eigenvalue weighted by atomic mass is 79.9. The fourth-order valence-electron chi connectivity index (χ4n) is 3.90. The molecule has 0 unspecified atom stereocenters. The van der Waals surface area contributed by atoms with Gasteiger partial charge in [0.2, 0.25) is 0 Å². The topological polar surface area (TPSA) is 56.5 Å². The highest BCUT2D eigenvalue weighted by molar-refractivity contribution is 9.10. The lowest BCUT2D eigenvalue weighted by atomic mass is 10.1. The van der Waals surface area contributed by atoms with E-state index < -0.39 is 17.3 Å². The molecule has 0 N–H and O–H groups in total. The first-order valence-electron chi connectivity index (χ1n) is 11.6. The van der Waals surface area contributed by atoms with Crippen LogP contribution in [0.15, 0.2) is 105 Å². The van der Waals surface area contributed by atoms with Gasteiger partial charge in [0.25, 0.3) is 5.56 Å². The second kappa shape index (κ2) is 11.0. The Hall–Kier alpha value is -3.95. The van der Waals surface area contributed by atoms with Crippen LogP contribution in [0.4, 0.5) is 13.2 Å². The molecule has 0 saturated carbocycles. The van der Waals surface area contributed by atoms with Gasteiger partial charge >= 0.3 is 6.18 Å². The average Bonchev–Trinajstić information content (AvgIpc) is 2.92. The first-order chi connectivity index (χ1) is 18.7. The predicted molar refractivity (Wildman–Crippen MR) is 149 cm³/mol. The van der Waals surface area contributed by atoms with Crippen LogP contribution in [-0.2, 0) is 12.8 Å². The number of alkyl halides is 3. The number of para-hydroxylation sites is 1. The van der Waals surface area contributed by atoms with E-state index in [1.54, 1.807) is 36.4 Å². The summed E-state index contributed by atoms with van der Waals surface area (Å²) in [5, 5.41) is 4.90. The van der Waals surface area contributed by atoms with Gasteiger partial charge in [-0.25, -0.2) is 4.98 Å². The Balaban J connectivity index is 1.54. The predicted octanol–water partition coefficient (Wildman–Crippen LogP) is 7.96. The molecule has 0 amide bonds. The minimum absolute atomic E-state index is 0.0333. The van der Waals surface area contributed by atoms with E-state index >= 15 is 0 Å². The summed E-state index contributed by atoms with van der Waals surface area (Å²) in [4.78, 5) is 17.8. The summed E-state index contributed by atoms with van der Waals surface area (Å²) in [5.41, 5.74) is 0.531. The van der Waals surface area contributed by atoms with E-state index in [1.807, 2.05) is 30.3 Å². The Morgan fingerprint density at radius 2 is 1.72 bits per heavy atom. The molecule has 0 fully saturated rings. The molecule has 0 aliphatic heterocycles. The van der Waals surface area contributed by atoms with E-state index in [0.717, 1.165) is 22.4 Å². The molecule has 0 atom stereocenters. The Morgan fingerprint density at radius 1 is 0.974 bits per heavy atom. The molecule has 10 heteroatoms. The minimum atomic E-state index is -4.56. The van der Waals surface area contributed by atoms with Crippen molar-refractivity contribution in [3.63, 3.8) is 0 Å². The van der Waals surface area contributed by atoms with E-state index in [-0.39, 0.29) is 16.8 Å². The van der Waals surface area contributed by atoms with Crippen molar-refractivity contribution in [2.45, 2.75) is 12.8 Å². The number of benzene rings is 4. The molecule has 0 saturated heterocycles. The van der Waals surface area contributed by atoms with Crippen molar-refractivity contribution in [1.82, 2.24) is 9.66 Å². The van der Waals surface area contributed by atoms with Crippen LogP contribution in [-0.4, -0.2) is 15.9 Å². The lowest BCUT2D eigenvalue weighted by molar-refractivity contribution is -0.137. The molecule has 1 heterocycles. The lowest BCUT2D eigenvalue weighted by Crippen LogP contribution is -2.20. The SMILES string of the molecule is O=c1c2ccccc2nc(-c2cccc(C(F)(F)F)c2)n1N=Cc1cc(Cl)c(OCc2ccccc2)c(Br)c1. The summed E-state index contributed by atoms with van der Waals surface area (Å²) in [6.45, 7) is 0.311. The Morgan fingerprint density at radius 3 is 2.46 bits per heavy atom. The van der Waals surface area contributed by atoms with Crippen molar-refractivity contribution < 1.29 is 17.9 Å². The average molecular weight is 613 g/mol. The third kappa shape index (κ3) is 5.89. The van der Waals surface area contributed by atoms with Gasteiger partial charge in [0, 0.05) is 5.56 Å². The van der Waals surface area contributed by atoms with E-state index in [9.17, 15) is 18.0 Å². The molecule has 4 aromatic carbocycles.